The fourth-order valence-electron chi connectivity index (χ4n) is 1.35. The van der Waals surface area contributed by atoms with Crippen molar-refractivity contribution in [2.24, 2.45) is 5.92 Å². The molecule has 1 rings (SSSR count). The molecular weight excluding hydrogens is 236 g/mol. The van der Waals surface area contributed by atoms with Gasteiger partial charge in [-0.15, -0.1) is 11.3 Å². The third-order valence-electron chi connectivity index (χ3n) is 2.85. The van der Waals surface area contributed by atoms with E-state index < -0.39 is 0 Å². The van der Waals surface area contributed by atoms with E-state index in [0.717, 1.165) is 5.13 Å². The van der Waals surface area contributed by atoms with Crippen molar-refractivity contribution in [3.8, 4) is 0 Å². The lowest BCUT2D eigenvalue weighted by Crippen LogP contribution is -2.33. The van der Waals surface area contributed by atoms with Gasteiger partial charge in [-0.1, -0.05) is 13.8 Å². The average Bonchev–Trinajstić information content (AvgIpc) is 2.76. The molecule has 0 aliphatic rings. The highest BCUT2D eigenvalue weighted by Crippen LogP contribution is 2.23. The lowest BCUT2D eigenvalue weighted by atomic mass is 10.1. The van der Waals surface area contributed by atoms with Crippen LogP contribution in [-0.2, 0) is 4.74 Å². The van der Waals surface area contributed by atoms with Crippen molar-refractivity contribution in [3.05, 3.63) is 11.1 Å². The summed E-state index contributed by atoms with van der Waals surface area (Å²) < 4.78 is 4.92. The molecule has 0 aromatic carbocycles. The van der Waals surface area contributed by atoms with Gasteiger partial charge in [0.2, 0.25) is 0 Å². The number of aromatic nitrogens is 1. The van der Waals surface area contributed by atoms with E-state index in [2.05, 4.69) is 30.7 Å². The van der Waals surface area contributed by atoms with Crippen LogP contribution in [0.15, 0.2) is 5.38 Å². The number of carbonyl (C=O) groups excluding carboxylic acids is 1. The maximum Gasteiger partial charge on any atom is 0.357 e. The van der Waals surface area contributed by atoms with E-state index in [1.165, 1.54) is 11.3 Å². The minimum atomic E-state index is -0.347. The molecule has 0 saturated carbocycles. The first-order chi connectivity index (χ1) is 7.97. The van der Waals surface area contributed by atoms with Crippen LogP contribution in [0.5, 0.6) is 0 Å². The molecule has 17 heavy (non-hydrogen) atoms. The second-order valence-electron chi connectivity index (χ2n) is 4.33. The van der Waals surface area contributed by atoms with Gasteiger partial charge in [0, 0.05) is 18.5 Å². The monoisotopic (exact) mass is 256 g/mol. The lowest BCUT2D eigenvalue weighted by molar-refractivity contribution is 0.0520. The topological polar surface area (TPSA) is 42.4 Å². The van der Waals surface area contributed by atoms with Gasteiger partial charge < -0.3 is 9.64 Å². The molecule has 0 fully saturated rings. The molecule has 0 N–H and O–H groups in total. The summed E-state index contributed by atoms with van der Waals surface area (Å²) in [5, 5.41) is 2.60. The molecule has 1 aromatic rings. The first-order valence-electron chi connectivity index (χ1n) is 5.82. The summed E-state index contributed by atoms with van der Waals surface area (Å²) in [5.74, 6) is 0.190. The molecule has 1 heterocycles. The molecule has 1 atom stereocenters. The second-order valence-corrected chi connectivity index (χ2v) is 5.17. The third kappa shape index (κ3) is 3.43. The maximum atomic E-state index is 11.5. The molecule has 0 aliphatic carbocycles. The first kappa shape index (κ1) is 14.0. The molecule has 1 unspecified atom stereocenters. The normalized spacial score (nSPS) is 12.6. The van der Waals surface area contributed by atoms with E-state index >= 15 is 0 Å². The zero-order valence-corrected chi connectivity index (χ0v) is 11.9. The van der Waals surface area contributed by atoms with Crippen molar-refractivity contribution in [2.45, 2.75) is 33.7 Å². The fraction of sp³-hybridized carbons (Fsp3) is 0.667. The molecule has 4 nitrogen and oxygen atoms in total. The van der Waals surface area contributed by atoms with Crippen molar-refractivity contribution in [2.75, 3.05) is 18.6 Å². The first-order valence-corrected chi connectivity index (χ1v) is 6.70. The smallest absolute Gasteiger partial charge is 0.357 e. The minimum absolute atomic E-state index is 0.347. The van der Waals surface area contributed by atoms with Gasteiger partial charge in [-0.2, -0.15) is 0 Å². The Bertz CT molecular complexity index is 376. The van der Waals surface area contributed by atoms with Gasteiger partial charge >= 0.3 is 5.97 Å². The summed E-state index contributed by atoms with van der Waals surface area (Å²) in [7, 11) is 2.00. The summed E-state index contributed by atoms with van der Waals surface area (Å²) in [6.07, 6.45) is 0. The number of hydrogen-bond donors (Lipinski definition) is 0. The van der Waals surface area contributed by atoms with Gasteiger partial charge in [0.05, 0.1) is 6.61 Å². The average molecular weight is 256 g/mol. The van der Waals surface area contributed by atoms with Crippen LogP contribution in [0.1, 0.15) is 38.2 Å². The summed E-state index contributed by atoms with van der Waals surface area (Å²) in [4.78, 5) is 17.9. The van der Waals surface area contributed by atoms with Crippen molar-refractivity contribution in [1.82, 2.24) is 4.98 Å². The van der Waals surface area contributed by atoms with Crippen LogP contribution in [0, 0.1) is 5.92 Å². The molecule has 0 bridgehead atoms. The van der Waals surface area contributed by atoms with Crippen molar-refractivity contribution < 1.29 is 9.53 Å². The number of anilines is 1. The van der Waals surface area contributed by atoms with Crippen LogP contribution < -0.4 is 4.90 Å². The summed E-state index contributed by atoms with van der Waals surface area (Å²) in [6, 6.07) is 0.385. The number of rotatable bonds is 5. The standard InChI is InChI=1S/C12H20N2O2S/c1-6-16-11(15)10-7-17-12(13-10)14(5)9(4)8(2)3/h7-9H,6H2,1-5H3. The molecule has 5 heteroatoms. The Labute approximate surface area is 107 Å². The summed E-state index contributed by atoms with van der Waals surface area (Å²) in [5.41, 5.74) is 0.398. The van der Waals surface area contributed by atoms with Gasteiger partial charge in [-0.05, 0) is 19.8 Å². The van der Waals surface area contributed by atoms with Crippen LogP contribution >= 0.6 is 11.3 Å². The van der Waals surface area contributed by atoms with Gasteiger partial charge in [0.1, 0.15) is 0 Å². The van der Waals surface area contributed by atoms with E-state index in [0.29, 0.717) is 24.3 Å². The van der Waals surface area contributed by atoms with E-state index in [1.807, 2.05) is 7.05 Å². The minimum Gasteiger partial charge on any atom is -0.461 e. The molecule has 0 spiro atoms. The zero-order chi connectivity index (χ0) is 13.0. The quantitative estimate of drug-likeness (QED) is 0.760. The summed E-state index contributed by atoms with van der Waals surface area (Å²) >= 11 is 1.47. The summed E-state index contributed by atoms with van der Waals surface area (Å²) in [6.45, 7) is 8.65. The van der Waals surface area contributed by atoms with E-state index in [4.69, 9.17) is 4.74 Å². The Hall–Kier alpha value is -1.10. The molecule has 0 radical (unpaired) electrons. The number of hydrogen-bond acceptors (Lipinski definition) is 5. The number of ether oxygens (including phenoxy) is 1. The SMILES string of the molecule is CCOC(=O)c1csc(N(C)C(C)C(C)C)n1. The van der Waals surface area contributed by atoms with Crippen molar-refractivity contribution in [1.29, 1.82) is 0 Å². The van der Waals surface area contributed by atoms with Crippen molar-refractivity contribution >= 4 is 22.4 Å². The maximum absolute atomic E-state index is 11.5. The van der Waals surface area contributed by atoms with Crippen molar-refractivity contribution in [3.63, 3.8) is 0 Å². The second kappa shape index (κ2) is 6.00. The predicted molar refractivity (Wildman–Crippen MR) is 70.8 cm³/mol. The Kier molecular flexibility index (Phi) is 4.93. The lowest BCUT2D eigenvalue weighted by Gasteiger charge is -2.27. The molecule has 96 valence electrons. The van der Waals surface area contributed by atoms with Gasteiger partial charge in [0.25, 0.3) is 0 Å². The highest BCUT2D eigenvalue weighted by Gasteiger charge is 2.18. The highest BCUT2D eigenvalue weighted by molar-refractivity contribution is 7.13. The van der Waals surface area contributed by atoms with Gasteiger partial charge in [-0.25, -0.2) is 9.78 Å². The largest absolute Gasteiger partial charge is 0.461 e. The Morgan fingerprint density at radius 1 is 1.53 bits per heavy atom. The third-order valence-corrected chi connectivity index (χ3v) is 3.79. The van der Waals surface area contributed by atoms with Gasteiger partial charge in [-0.3, -0.25) is 0 Å². The number of nitrogens with zero attached hydrogens (tertiary/aromatic N) is 2. The molecule has 0 aliphatic heterocycles. The highest BCUT2D eigenvalue weighted by atomic mass is 32.1. The molecule has 0 amide bonds. The van der Waals surface area contributed by atoms with Gasteiger partial charge in [0.15, 0.2) is 10.8 Å². The molecular formula is C12H20N2O2S. The predicted octanol–water partition coefficient (Wildman–Crippen LogP) is 2.80. The van der Waals surface area contributed by atoms with Crippen LogP contribution in [0.4, 0.5) is 5.13 Å². The van der Waals surface area contributed by atoms with Crippen LogP contribution in [0.3, 0.4) is 0 Å². The number of esters is 1. The van der Waals surface area contributed by atoms with E-state index in [1.54, 1.807) is 12.3 Å². The Morgan fingerprint density at radius 3 is 2.71 bits per heavy atom. The van der Waals surface area contributed by atoms with E-state index in [-0.39, 0.29) is 5.97 Å². The molecule has 0 saturated heterocycles. The van der Waals surface area contributed by atoms with E-state index in [9.17, 15) is 4.79 Å². The van der Waals surface area contributed by atoms with Crippen LogP contribution in [0.2, 0.25) is 0 Å². The number of thiazole rings is 1. The van der Waals surface area contributed by atoms with Crippen LogP contribution in [0.25, 0.3) is 0 Å². The zero-order valence-electron chi connectivity index (χ0n) is 11.1. The fourth-order valence-corrected chi connectivity index (χ4v) is 2.20. The molecule has 1 aromatic heterocycles. The Morgan fingerprint density at radius 2 is 2.18 bits per heavy atom. The Balaban J connectivity index is 2.77. The van der Waals surface area contributed by atoms with Crippen LogP contribution in [-0.4, -0.2) is 30.6 Å². The number of carbonyl (C=O) groups is 1.